The topological polar surface area (TPSA) is 17.0 Å². The van der Waals surface area contributed by atoms with Crippen molar-refractivity contribution in [1.82, 2.24) is 8.37 Å². The first-order valence-corrected chi connectivity index (χ1v) is 19.9. The van der Waals surface area contributed by atoms with Crippen LogP contribution in [0.2, 0.25) is 23.6 Å². The van der Waals surface area contributed by atoms with Gasteiger partial charge in [0.05, 0.1) is 0 Å². The van der Waals surface area contributed by atoms with Gasteiger partial charge in [0.1, 0.15) is 0 Å². The molecule has 1 aromatic heterocycles. The zero-order valence-electron chi connectivity index (χ0n) is 16.8. The molecule has 3 rings (SSSR count). The van der Waals surface area contributed by atoms with Gasteiger partial charge in [-0.05, 0) is 0 Å². The molecule has 1 N–H and O–H groups in total. The fourth-order valence-electron chi connectivity index (χ4n) is 4.56. The van der Waals surface area contributed by atoms with Gasteiger partial charge in [0, 0.05) is 0 Å². The van der Waals surface area contributed by atoms with E-state index in [0.29, 0.717) is 4.22 Å². The molecule has 0 bridgehead atoms. The van der Waals surface area contributed by atoms with E-state index in [0.717, 1.165) is 0 Å². The first-order valence-electron chi connectivity index (χ1n) is 9.46. The molecule has 0 amide bonds. The summed E-state index contributed by atoms with van der Waals surface area (Å²) in [6.45, 7) is 11.2. The summed E-state index contributed by atoms with van der Waals surface area (Å²) in [5.41, 5.74) is 4.45. The van der Waals surface area contributed by atoms with E-state index in [4.69, 9.17) is 0 Å². The first kappa shape index (κ1) is 18.9. The molecule has 4 heteroatoms. The Morgan fingerprint density at radius 1 is 1.00 bits per heavy atom. The summed E-state index contributed by atoms with van der Waals surface area (Å²) in [6, 6.07) is 13.3. The Hall–Kier alpha value is -0.869. The summed E-state index contributed by atoms with van der Waals surface area (Å²) in [5.74, 6) is 0. The van der Waals surface area contributed by atoms with Crippen molar-refractivity contribution in [2.75, 3.05) is 0 Å². The molecule has 0 aliphatic heterocycles. The molecule has 0 fully saturated rings. The van der Waals surface area contributed by atoms with E-state index in [1.807, 2.05) is 0 Å². The van der Waals surface area contributed by atoms with E-state index >= 15 is 0 Å². The molecule has 1 heterocycles. The minimum absolute atomic E-state index is 0.150. The summed E-state index contributed by atoms with van der Waals surface area (Å²) in [6.07, 6.45) is 6.91. The van der Waals surface area contributed by atoms with Crippen LogP contribution in [-0.2, 0) is 14.8 Å². The number of aromatic nitrogens is 1. The average Bonchev–Trinajstić information content (AvgIpc) is 3.12. The molecular formula is C21H33N2SiTi. The standard InChI is InChI=1S/C13H10N.C4H10N.C2H7Si.2CH3.Ti/c1-2-6-12-11(5-1)7-8-13(12)14-9-3-4-10-14;1-4(2,3)5;1-3-2;;;/h1-10H;5H,1-3H3;3H,1-2H3;2*1H3;/q;-1;;;;+1. The molecule has 0 radical (unpaired) electrons. The van der Waals surface area contributed by atoms with Crippen molar-refractivity contribution in [2.45, 2.75) is 54.1 Å². The minimum atomic E-state index is -2.97. The van der Waals surface area contributed by atoms with Gasteiger partial charge in [0.25, 0.3) is 0 Å². The fraction of sp³-hybridized carbons (Fsp3) is 0.429. The molecule has 0 spiro atoms. The van der Waals surface area contributed by atoms with Gasteiger partial charge in [-0.25, -0.2) is 0 Å². The van der Waals surface area contributed by atoms with Crippen molar-refractivity contribution in [2.24, 2.45) is 0 Å². The summed E-state index contributed by atoms with van der Waals surface area (Å²) in [4.78, 5) is 0. The second kappa shape index (κ2) is 6.09. The maximum absolute atomic E-state index is 4.26. The van der Waals surface area contributed by atoms with Crippen LogP contribution >= 0.6 is 0 Å². The molecule has 2 nitrogen and oxygen atoms in total. The van der Waals surface area contributed by atoms with Gasteiger partial charge in [0.2, 0.25) is 0 Å². The molecule has 1 aromatic carbocycles. The van der Waals surface area contributed by atoms with Crippen LogP contribution < -0.4 is 3.80 Å². The van der Waals surface area contributed by atoms with Crippen LogP contribution in [0.3, 0.4) is 0 Å². The number of hydrogen-bond acceptors (Lipinski definition) is 1. The Kier molecular flexibility index (Phi) is 4.61. The van der Waals surface area contributed by atoms with Crippen molar-refractivity contribution in [3.63, 3.8) is 0 Å². The van der Waals surface area contributed by atoms with Gasteiger partial charge in [-0.3, -0.25) is 0 Å². The van der Waals surface area contributed by atoms with Crippen molar-refractivity contribution in [3.8, 4) is 0 Å². The Balaban J connectivity index is 2.21. The third-order valence-corrected chi connectivity index (χ3v) is 34.7. The van der Waals surface area contributed by atoms with Crippen LogP contribution in [0.1, 0.15) is 36.1 Å². The number of nitrogens with zero attached hydrogens (tertiary/aromatic N) is 1. The first-order chi connectivity index (χ1) is 11.5. The van der Waals surface area contributed by atoms with E-state index in [2.05, 4.69) is 108 Å². The average molecular weight is 389 g/mol. The molecule has 1 atom stereocenters. The zero-order valence-corrected chi connectivity index (χ0v) is 19.5. The molecule has 1 aliphatic rings. The number of hydrogen-bond donors (Lipinski definition) is 1. The fourth-order valence-corrected chi connectivity index (χ4v) is 20.1. The van der Waals surface area contributed by atoms with Crippen molar-refractivity contribution in [3.05, 3.63) is 66.0 Å². The molecule has 135 valence electrons. The van der Waals surface area contributed by atoms with E-state index in [9.17, 15) is 0 Å². The van der Waals surface area contributed by atoms with E-state index < -0.39 is 21.5 Å². The zero-order chi connectivity index (χ0) is 18.5. The molecule has 0 saturated carbocycles. The van der Waals surface area contributed by atoms with Crippen molar-refractivity contribution >= 4 is 12.4 Å². The number of allylic oxidation sites excluding steroid dienone is 1. The molecule has 1 aliphatic carbocycles. The van der Waals surface area contributed by atoms with Crippen molar-refractivity contribution < 1.29 is 14.8 Å². The van der Waals surface area contributed by atoms with Crippen molar-refractivity contribution in [1.29, 1.82) is 0 Å². The monoisotopic (exact) mass is 389 g/mol. The molecule has 25 heavy (non-hydrogen) atoms. The second-order valence-corrected chi connectivity index (χ2v) is 34.4. The molecule has 0 saturated heterocycles. The van der Waals surface area contributed by atoms with Gasteiger partial charge in [-0.1, -0.05) is 0 Å². The SMILES string of the molecule is C[SiH](C)[Ti]([CH3])([CH3])([NH]C(C)(C)C)[CH]1C=C(n2cccc2)c2ccccc21. The third kappa shape index (κ3) is 3.28. The quantitative estimate of drug-likeness (QED) is 0.683. The second-order valence-electron chi connectivity index (χ2n) is 9.85. The summed E-state index contributed by atoms with van der Waals surface area (Å²) >= 11 is -2.97. The molecular weight excluding hydrogens is 356 g/mol. The van der Waals surface area contributed by atoms with Gasteiger partial charge < -0.3 is 0 Å². The molecule has 2 aromatic rings. The Labute approximate surface area is 155 Å². The van der Waals surface area contributed by atoms with Gasteiger partial charge in [-0.15, -0.1) is 0 Å². The normalized spacial score (nSPS) is 19.4. The maximum atomic E-state index is 4.26. The van der Waals surface area contributed by atoms with Crippen LogP contribution in [0, 0.1) is 0 Å². The number of nitrogens with one attached hydrogen (secondary N) is 1. The Morgan fingerprint density at radius 2 is 1.60 bits per heavy atom. The van der Waals surface area contributed by atoms with Gasteiger partial charge in [0.15, 0.2) is 0 Å². The van der Waals surface area contributed by atoms with Crippen LogP contribution in [0.15, 0.2) is 54.9 Å². The number of benzene rings is 1. The predicted molar refractivity (Wildman–Crippen MR) is 110 cm³/mol. The Morgan fingerprint density at radius 3 is 2.16 bits per heavy atom. The third-order valence-electron chi connectivity index (χ3n) is 6.28. The number of rotatable bonds is 4. The summed E-state index contributed by atoms with van der Waals surface area (Å²) in [5, 5.41) is 5.30. The summed E-state index contributed by atoms with van der Waals surface area (Å²) in [7, 11) is 0. The van der Waals surface area contributed by atoms with Crippen LogP contribution in [-0.4, -0.2) is 16.8 Å². The van der Waals surface area contributed by atoms with Crippen LogP contribution in [0.25, 0.3) is 5.70 Å². The van der Waals surface area contributed by atoms with E-state index in [1.54, 1.807) is 0 Å². The predicted octanol–water partition coefficient (Wildman–Crippen LogP) is 5.50. The number of fused-ring (bicyclic) bond motifs is 1. The van der Waals surface area contributed by atoms with Crippen LogP contribution in [0.4, 0.5) is 0 Å². The van der Waals surface area contributed by atoms with E-state index in [1.165, 1.54) is 16.8 Å². The van der Waals surface area contributed by atoms with E-state index in [-0.39, 0.29) is 5.54 Å². The summed E-state index contributed by atoms with van der Waals surface area (Å²) < 4.78 is 7.09. The van der Waals surface area contributed by atoms with Gasteiger partial charge in [-0.2, -0.15) is 0 Å². The Bertz CT molecular complexity index is 798. The van der Waals surface area contributed by atoms with Crippen LogP contribution in [0.5, 0.6) is 0 Å². The molecule has 1 unspecified atom stereocenters. The van der Waals surface area contributed by atoms with Gasteiger partial charge >= 0.3 is 156 Å².